The summed E-state index contributed by atoms with van der Waals surface area (Å²) in [6.07, 6.45) is 4.27. The van der Waals surface area contributed by atoms with Gasteiger partial charge in [-0.05, 0) is 36.6 Å². The van der Waals surface area contributed by atoms with E-state index in [1.54, 1.807) is 0 Å². The van der Waals surface area contributed by atoms with Gasteiger partial charge in [0.05, 0.1) is 12.6 Å². The molecular formula is C14H20N2O. The van der Waals surface area contributed by atoms with Crippen molar-refractivity contribution in [2.75, 3.05) is 25.6 Å². The highest BCUT2D eigenvalue weighted by atomic mass is 16.5. The molecule has 92 valence electrons. The van der Waals surface area contributed by atoms with Gasteiger partial charge in [0.15, 0.2) is 0 Å². The summed E-state index contributed by atoms with van der Waals surface area (Å²) in [5.41, 5.74) is 8.47. The van der Waals surface area contributed by atoms with Crippen LogP contribution in [0.4, 0.5) is 5.69 Å². The number of nitrogens with zero attached hydrogens (tertiary/aromatic N) is 1. The Bertz CT molecular complexity index is 395. The van der Waals surface area contributed by atoms with E-state index in [-0.39, 0.29) is 6.04 Å². The Labute approximate surface area is 103 Å². The molecule has 1 aromatic rings. The number of hydrogen-bond donors (Lipinski definition) is 1. The van der Waals surface area contributed by atoms with E-state index >= 15 is 0 Å². The molecule has 1 aliphatic rings. The molecule has 0 saturated heterocycles. The smallest absolute Gasteiger partial charge is 0.113 e. The van der Waals surface area contributed by atoms with Crippen molar-refractivity contribution >= 4 is 5.69 Å². The molecule has 0 fully saturated rings. The number of hydrogen-bond acceptors (Lipinski definition) is 3. The minimum Gasteiger partial charge on any atom is -0.496 e. The molecule has 0 radical (unpaired) electrons. The quantitative estimate of drug-likeness (QED) is 0.870. The lowest BCUT2D eigenvalue weighted by molar-refractivity contribution is 0.176. The lowest BCUT2D eigenvalue weighted by Gasteiger charge is -2.21. The summed E-state index contributed by atoms with van der Waals surface area (Å²) in [7, 11) is 4.06. The molecule has 3 heteroatoms. The summed E-state index contributed by atoms with van der Waals surface area (Å²) in [6.45, 7) is 0.787. The minimum absolute atomic E-state index is 0.133. The Kier molecular flexibility index (Phi) is 3.69. The molecule has 1 aliphatic heterocycles. The van der Waals surface area contributed by atoms with Gasteiger partial charge < -0.3 is 15.4 Å². The molecule has 2 N–H and O–H groups in total. The highest BCUT2D eigenvalue weighted by Gasteiger charge is 2.15. The van der Waals surface area contributed by atoms with Gasteiger partial charge in [-0.15, -0.1) is 0 Å². The van der Waals surface area contributed by atoms with Gasteiger partial charge in [0.25, 0.3) is 0 Å². The van der Waals surface area contributed by atoms with E-state index in [9.17, 15) is 0 Å². The van der Waals surface area contributed by atoms with Crippen LogP contribution in [0.3, 0.4) is 0 Å². The Hall–Kier alpha value is -1.48. The average Bonchev–Trinajstić information content (AvgIpc) is 2.39. The van der Waals surface area contributed by atoms with Crippen LogP contribution in [-0.2, 0) is 4.74 Å². The van der Waals surface area contributed by atoms with Crippen molar-refractivity contribution in [3.63, 3.8) is 0 Å². The Morgan fingerprint density at radius 2 is 1.94 bits per heavy atom. The standard InChI is InChI=1S/C14H20N2O/c1-16(2)12-8-6-11(7-9-12)14(15)13-5-3-4-10-17-13/h5-9,14H,3-4,10,15H2,1-2H3. The third kappa shape index (κ3) is 2.80. The summed E-state index contributed by atoms with van der Waals surface area (Å²) in [4.78, 5) is 2.08. The molecule has 0 aliphatic carbocycles. The zero-order chi connectivity index (χ0) is 12.3. The number of allylic oxidation sites excluding steroid dienone is 1. The molecule has 0 bridgehead atoms. The second kappa shape index (κ2) is 5.23. The van der Waals surface area contributed by atoms with Gasteiger partial charge in [-0.3, -0.25) is 0 Å². The molecule has 1 aromatic carbocycles. The van der Waals surface area contributed by atoms with Crippen molar-refractivity contribution < 1.29 is 4.74 Å². The number of ether oxygens (including phenoxy) is 1. The number of nitrogens with two attached hydrogens (primary N) is 1. The maximum absolute atomic E-state index is 6.19. The van der Waals surface area contributed by atoms with E-state index in [1.807, 2.05) is 14.1 Å². The largest absolute Gasteiger partial charge is 0.496 e. The van der Waals surface area contributed by atoms with Crippen LogP contribution in [0.5, 0.6) is 0 Å². The molecule has 0 amide bonds. The lowest BCUT2D eigenvalue weighted by atomic mass is 10.0. The van der Waals surface area contributed by atoms with E-state index in [0.29, 0.717) is 0 Å². The van der Waals surface area contributed by atoms with E-state index in [0.717, 1.165) is 30.8 Å². The molecule has 0 aromatic heterocycles. The van der Waals surface area contributed by atoms with Crippen LogP contribution in [0.15, 0.2) is 36.1 Å². The van der Waals surface area contributed by atoms with Gasteiger partial charge >= 0.3 is 0 Å². The number of rotatable bonds is 3. The predicted octanol–water partition coefficient (Wildman–Crippen LogP) is 2.45. The zero-order valence-corrected chi connectivity index (χ0v) is 10.5. The number of benzene rings is 1. The van der Waals surface area contributed by atoms with Crippen molar-refractivity contribution in [3.8, 4) is 0 Å². The zero-order valence-electron chi connectivity index (χ0n) is 10.5. The summed E-state index contributed by atoms with van der Waals surface area (Å²) < 4.78 is 5.60. The summed E-state index contributed by atoms with van der Waals surface area (Å²) in [5, 5.41) is 0. The van der Waals surface area contributed by atoms with Crippen LogP contribution >= 0.6 is 0 Å². The van der Waals surface area contributed by atoms with Gasteiger partial charge in [0.1, 0.15) is 5.76 Å². The summed E-state index contributed by atoms with van der Waals surface area (Å²) >= 11 is 0. The molecule has 1 heterocycles. The first kappa shape index (κ1) is 12.0. The molecule has 1 unspecified atom stereocenters. The highest BCUT2D eigenvalue weighted by molar-refractivity contribution is 5.47. The molecule has 0 saturated carbocycles. The Morgan fingerprint density at radius 3 is 2.47 bits per heavy atom. The molecule has 1 atom stereocenters. The van der Waals surface area contributed by atoms with Crippen LogP contribution in [0.2, 0.25) is 0 Å². The van der Waals surface area contributed by atoms with Crippen molar-refractivity contribution in [3.05, 3.63) is 41.7 Å². The van der Waals surface area contributed by atoms with Gasteiger partial charge in [-0.1, -0.05) is 12.1 Å². The predicted molar refractivity (Wildman–Crippen MR) is 71.0 cm³/mol. The Balaban J connectivity index is 2.13. The summed E-state index contributed by atoms with van der Waals surface area (Å²) in [6, 6.07) is 8.17. The van der Waals surface area contributed by atoms with Crippen LogP contribution in [0.1, 0.15) is 24.4 Å². The first-order valence-corrected chi connectivity index (χ1v) is 6.04. The van der Waals surface area contributed by atoms with Crippen LogP contribution in [0.25, 0.3) is 0 Å². The van der Waals surface area contributed by atoms with Gasteiger partial charge in [0, 0.05) is 19.8 Å². The van der Waals surface area contributed by atoms with Crippen LogP contribution in [0, 0.1) is 0 Å². The SMILES string of the molecule is CN(C)c1ccc(C(N)C2=CCCCO2)cc1. The van der Waals surface area contributed by atoms with Crippen LogP contribution in [-0.4, -0.2) is 20.7 Å². The Morgan fingerprint density at radius 1 is 1.24 bits per heavy atom. The monoisotopic (exact) mass is 232 g/mol. The third-order valence-corrected chi connectivity index (χ3v) is 3.04. The van der Waals surface area contributed by atoms with Crippen molar-refractivity contribution in [1.29, 1.82) is 0 Å². The lowest BCUT2D eigenvalue weighted by Crippen LogP contribution is -2.18. The van der Waals surface area contributed by atoms with E-state index in [4.69, 9.17) is 10.5 Å². The van der Waals surface area contributed by atoms with Crippen molar-refractivity contribution in [2.45, 2.75) is 18.9 Å². The molecule has 3 nitrogen and oxygen atoms in total. The topological polar surface area (TPSA) is 38.5 Å². The second-order valence-electron chi connectivity index (χ2n) is 4.56. The average molecular weight is 232 g/mol. The van der Waals surface area contributed by atoms with Gasteiger partial charge in [0.2, 0.25) is 0 Å². The first-order valence-electron chi connectivity index (χ1n) is 6.04. The van der Waals surface area contributed by atoms with Crippen molar-refractivity contribution in [1.82, 2.24) is 0 Å². The van der Waals surface area contributed by atoms with E-state index < -0.39 is 0 Å². The third-order valence-electron chi connectivity index (χ3n) is 3.04. The second-order valence-corrected chi connectivity index (χ2v) is 4.56. The normalized spacial score (nSPS) is 17.0. The molecule has 0 spiro atoms. The van der Waals surface area contributed by atoms with Crippen molar-refractivity contribution in [2.24, 2.45) is 5.73 Å². The molecule has 2 rings (SSSR count). The molecular weight excluding hydrogens is 212 g/mol. The van der Waals surface area contributed by atoms with E-state index in [1.165, 1.54) is 5.69 Å². The first-order chi connectivity index (χ1) is 8.18. The van der Waals surface area contributed by atoms with Gasteiger partial charge in [-0.2, -0.15) is 0 Å². The highest BCUT2D eigenvalue weighted by Crippen LogP contribution is 2.25. The maximum atomic E-state index is 6.19. The fourth-order valence-corrected chi connectivity index (χ4v) is 1.94. The van der Waals surface area contributed by atoms with E-state index in [2.05, 4.69) is 35.2 Å². The fourth-order valence-electron chi connectivity index (χ4n) is 1.94. The molecule has 17 heavy (non-hydrogen) atoms. The summed E-state index contributed by atoms with van der Waals surface area (Å²) in [5.74, 6) is 0.911. The van der Waals surface area contributed by atoms with Gasteiger partial charge in [-0.25, -0.2) is 0 Å². The fraction of sp³-hybridized carbons (Fsp3) is 0.429. The van der Waals surface area contributed by atoms with Crippen LogP contribution < -0.4 is 10.6 Å². The minimum atomic E-state index is -0.133. The maximum Gasteiger partial charge on any atom is 0.113 e. The number of anilines is 1.